The molecule has 0 aliphatic carbocycles. The van der Waals surface area contributed by atoms with Crippen LogP contribution in [0, 0.1) is 6.92 Å². The Morgan fingerprint density at radius 1 is 1.61 bits per heavy atom. The van der Waals surface area contributed by atoms with Gasteiger partial charge in [0.15, 0.2) is 0 Å². The third-order valence-electron chi connectivity index (χ3n) is 2.67. The summed E-state index contributed by atoms with van der Waals surface area (Å²) in [6.45, 7) is 3.09. The number of hydrogen-bond acceptors (Lipinski definition) is 3. The van der Waals surface area contributed by atoms with Crippen LogP contribution in [-0.2, 0) is 11.3 Å². The normalized spacial score (nSPS) is 10.6. The minimum absolute atomic E-state index is 0.163. The number of hydrogen-bond donors (Lipinski definition) is 2. The topological polar surface area (TPSA) is 71.9 Å². The molecule has 0 saturated heterocycles. The van der Waals surface area contributed by atoms with Crippen molar-refractivity contribution in [3.05, 3.63) is 35.8 Å². The van der Waals surface area contributed by atoms with Crippen molar-refractivity contribution in [2.45, 2.75) is 13.5 Å². The first-order valence-electron chi connectivity index (χ1n) is 5.67. The fourth-order valence-electron chi connectivity index (χ4n) is 1.66. The smallest absolute Gasteiger partial charge is 0.273 e. The van der Waals surface area contributed by atoms with E-state index in [0.717, 1.165) is 5.56 Å². The number of ether oxygens (including phenoxy) is 1. The van der Waals surface area contributed by atoms with Crippen molar-refractivity contribution in [3.8, 4) is 0 Å². The zero-order valence-electron chi connectivity index (χ0n) is 10.4. The fourth-order valence-corrected chi connectivity index (χ4v) is 1.66. The van der Waals surface area contributed by atoms with Gasteiger partial charge in [-0.15, -0.1) is 0 Å². The van der Waals surface area contributed by atoms with Gasteiger partial charge >= 0.3 is 0 Å². The molecule has 0 aromatic carbocycles. The lowest BCUT2D eigenvalue weighted by molar-refractivity contribution is 0.101. The molecule has 96 valence electrons. The number of aromatic amines is 1. The van der Waals surface area contributed by atoms with Gasteiger partial charge in [0.25, 0.3) is 5.91 Å². The molecule has 18 heavy (non-hydrogen) atoms. The van der Waals surface area contributed by atoms with Crippen molar-refractivity contribution in [2.24, 2.45) is 0 Å². The predicted octanol–water partition coefficient (Wildman–Crippen LogP) is 1.42. The van der Waals surface area contributed by atoms with Gasteiger partial charge in [-0.05, 0) is 19.1 Å². The molecule has 0 fully saturated rings. The van der Waals surface area contributed by atoms with Crippen molar-refractivity contribution in [1.29, 1.82) is 0 Å². The molecule has 6 heteroatoms. The number of rotatable bonds is 5. The van der Waals surface area contributed by atoms with E-state index in [9.17, 15) is 4.79 Å². The van der Waals surface area contributed by atoms with Crippen LogP contribution >= 0.6 is 0 Å². The molecule has 2 aromatic heterocycles. The Morgan fingerprint density at radius 3 is 3.11 bits per heavy atom. The zero-order valence-corrected chi connectivity index (χ0v) is 10.4. The van der Waals surface area contributed by atoms with Gasteiger partial charge in [-0.25, -0.2) is 0 Å². The molecule has 2 N–H and O–H groups in total. The lowest BCUT2D eigenvalue weighted by Gasteiger charge is -2.08. The molecule has 0 radical (unpaired) electrons. The van der Waals surface area contributed by atoms with Crippen molar-refractivity contribution in [3.63, 3.8) is 0 Å². The molecule has 1 amide bonds. The quantitative estimate of drug-likeness (QED) is 0.840. The largest absolute Gasteiger partial charge is 0.383 e. The van der Waals surface area contributed by atoms with Crippen LogP contribution in [0.1, 0.15) is 16.1 Å². The molecule has 0 saturated carbocycles. The van der Waals surface area contributed by atoms with Crippen LogP contribution < -0.4 is 5.32 Å². The van der Waals surface area contributed by atoms with E-state index >= 15 is 0 Å². The van der Waals surface area contributed by atoms with Crippen LogP contribution in [0.4, 0.5) is 5.82 Å². The van der Waals surface area contributed by atoms with Gasteiger partial charge in [0.2, 0.25) is 0 Å². The summed E-state index contributed by atoms with van der Waals surface area (Å²) >= 11 is 0. The highest BCUT2D eigenvalue weighted by atomic mass is 16.5. The predicted molar refractivity (Wildman–Crippen MR) is 67.6 cm³/mol. The summed E-state index contributed by atoms with van der Waals surface area (Å²) < 4.78 is 6.86. The summed E-state index contributed by atoms with van der Waals surface area (Å²) in [5, 5.41) is 9.40. The Labute approximate surface area is 105 Å². The van der Waals surface area contributed by atoms with Gasteiger partial charge < -0.3 is 14.6 Å². The molecule has 0 atom stereocenters. The summed E-state index contributed by atoms with van der Waals surface area (Å²) in [6, 6.07) is 3.61. The molecule has 0 spiro atoms. The standard InChI is InChI=1S/C12H16N4O2/c1-9-8-13-15-11(9)14-12(17)10-4-3-5-16(10)6-7-18-2/h3-5,8H,6-7H2,1-2H3,(H2,13,14,15,17). The molecular weight excluding hydrogens is 232 g/mol. The SMILES string of the molecule is COCCn1cccc1C(=O)Nc1[nH]ncc1C. The number of H-pyrrole nitrogens is 1. The lowest BCUT2D eigenvalue weighted by Crippen LogP contribution is -2.18. The van der Waals surface area contributed by atoms with Gasteiger partial charge in [0, 0.05) is 25.4 Å². The zero-order chi connectivity index (χ0) is 13.0. The number of nitrogens with one attached hydrogen (secondary N) is 2. The minimum atomic E-state index is -0.163. The molecular formula is C12H16N4O2. The van der Waals surface area contributed by atoms with E-state index in [1.54, 1.807) is 19.4 Å². The van der Waals surface area contributed by atoms with Crippen LogP contribution in [0.25, 0.3) is 0 Å². The van der Waals surface area contributed by atoms with Gasteiger partial charge in [0.1, 0.15) is 11.5 Å². The number of carbonyl (C=O) groups is 1. The maximum Gasteiger partial charge on any atom is 0.273 e. The Hall–Kier alpha value is -2.08. The second-order valence-electron chi connectivity index (χ2n) is 3.96. The Bertz CT molecular complexity index is 530. The molecule has 0 aliphatic rings. The summed E-state index contributed by atoms with van der Waals surface area (Å²) in [6.07, 6.45) is 3.52. The van der Waals surface area contributed by atoms with Crippen LogP contribution in [0.15, 0.2) is 24.5 Å². The summed E-state index contributed by atoms with van der Waals surface area (Å²) in [7, 11) is 1.64. The highest BCUT2D eigenvalue weighted by Crippen LogP contribution is 2.11. The number of aromatic nitrogens is 3. The molecule has 2 heterocycles. The van der Waals surface area contributed by atoms with E-state index in [2.05, 4.69) is 15.5 Å². The van der Waals surface area contributed by atoms with Crippen molar-refractivity contribution in [1.82, 2.24) is 14.8 Å². The van der Waals surface area contributed by atoms with E-state index in [1.807, 2.05) is 23.8 Å². The Morgan fingerprint density at radius 2 is 2.44 bits per heavy atom. The third kappa shape index (κ3) is 2.60. The first-order chi connectivity index (χ1) is 8.72. The lowest BCUT2D eigenvalue weighted by atomic mass is 10.3. The molecule has 2 aromatic rings. The monoisotopic (exact) mass is 248 g/mol. The maximum atomic E-state index is 12.1. The molecule has 6 nitrogen and oxygen atoms in total. The first kappa shape index (κ1) is 12.4. The summed E-state index contributed by atoms with van der Waals surface area (Å²) in [5.41, 5.74) is 1.50. The van der Waals surface area contributed by atoms with Crippen LogP contribution in [-0.4, -0.2) is 34.4 Å². The van der Waals surface area contributed by atoms with Crippen molar-refractivity contribution < 1.29 is 9.53 Å². The first-order valence-corrected chi connectivity index (χ1v) is 5.67. The molecule has 2 rings (SSSR count). The fraction of sp³-hybridized carbons (Fsp3) is 0.333. The summed E-state index contributed by atoms with van der Waals surface area (Å²) in [5.74, 6) is 0.461. The number of anilines is 1. The number of carbonyl (C=O) groups excluding carboxylic acids is 1. The highest BCUT2D eigenvalue weighted by molar-refractivity contribution is 6.02. The molecule has 0 aliphatic heterocycles. The molecule has 0 bridgehead atoms. The average molecular weight is 248 g/mol. The average Bonchev–Trinajstić information content (AvgIpc) is 2.96. The maximum absolute atomic E-state index is 12.1. The second-order valence-corrected chi connectivity index (χ2v) is 3.96. The highest BCUT2D eigenvalue weighted by Gasteiger charge is 2.12. The van der Waals surface area contributed by atoms with E-state index in [4.69, 9.17) is 4.74 Å². The molecule has 0 unspecified atom stereocenters. The van der Waals surface area contributed by atoms with E-state index in [-0.39, 0.29) is 5.91 Å². The Balaban J connectivity index is 2.09. The number of aryl methyl sites for hydroxylation is 1. The van der Waals surface area contributed by atoms with Crippen LogP contribution in [0.2, 0.25) is 0 Å². The van der Waals surface area contributed by atoms with Gasteiger partial charge in [0.05, 0.1) is 12.8 Å². The van der Waals surface area contributed by atoms with Gasteiger partial charge in [-0.2, -0.15) is 5.10 Å². The number of nitrogens with zero attached hydrogens (tertiary/aromatic N) is 2. The number of methoxy groups -OCH3 is 1. The minimum Gasteiger partial charge on any atom is -0.383 e. The van der Waals surface area contributed by atoms with Crippen LogP contribution in [0.5, 0.6) is 0 Å². The van der Waals surface area contributed by atoms with Crippen LogP contribution in [0.3, 0.4) is 0 Å². The number of amides is 1. The second kappa shape index (κ2) is 5.50. The van der Waals surface area contributed by atoms with Gasteiger partial charge in [-0.1, -0.05) is 0 Å². The van der Waals surface area contributed by atoms with Gasteiger partial charge in [-0.3, -0.25) is 9.89 Å². The van der Waals surface area contributed by atoms with E-state index in [0.29, 0.717) is 24.7 Å². The van der Waals surface area contributed by atoms with E-state index in [1.165, 1.54) is 0 Å². The van der Waals surface area contributed by atoms with Crippen molar-refractivity contribution in [2.75, 3.05) is 19.0 Å². The van der Waals surface area contributed by atoms with E-state index < -0.39 is 0 Å². The Kier molecular flexibility index (Phi) is 3.78. The third-order valence-corrected chi connectivity index (χ3v) is 2.67. The van der Waals surface area contributed by atoms with Crippen molar-refractivity contribution >= 4 is 11.7 Å². The summed E-state index contributed by atoms with van der Waals surface area (Å²) in [4.78, 5) is 12.1.